The number of hydrogen-bond acceptors (Lipinski definition) is 5. The normalized spacial score (nSPS) is 15.8. The Bertz CT molecular complexity index is 1490. The number of benzene rings is 2. The van der Waals surface area contributed by atoms with Crippen LogP contribution in [0, 0.1) is 6.92 Å². The third-order valence-electron chi connectivity index (χ3n) is 6.17. The van der Waals surface area contributed by atoms with Gasteiger partial charge >= 0.3 is 5.69 Å². The minimum Gasteiger partial charge on any atom is -0.508 e. The Balaban J connectivity index is 1.94. The molecular formula is C24H23N3O5. The number of aryl methyl sites for hydroxylation is 2. The summed E-state index contributed by atoms with van der Waals surface area (Å²) in [5.74, 6) is -0.188. The van der Waals surface area contributed by atoms with Gasteiger partial charge in [-0.2, -0.15) is 0 Å². The quantitative estimate of drug-likeness (QED) is 0.506. The summed E-state index contributed by atoms with van der Waals surface area (Å²) < 4.78 is 10.6. The molecule has 0 aliphatic carbocycles. The van der Waals surface area contributed by atoms with Gasteiger partial charge in [-0.3, -0.25) is 13.9 Å². The van der Waals surface area contributed by atoms with E-state index in [1.165, 1.54) is 23.7 Å². The van der Waals surface area contributed by atoms with Crippen LogP contribution in [0.1, 0.15) is 22.9 Å². The van der Waals surface area contributed by atoms with Gasteiger partial charge in [-0.15, -0.1) is 0 Å². The first-order valence-electron chi connectivity index (χ1n) is 10.3. The highest BCUT2D eigenvalue weighted by atomic mass is 16.5. The van der Waals surface area contributed by atoms with E-state index in [2.05, 4.69) is 0 Å². The monoisotopic (exact) mass is 433 g/mol. The summed E-state index contributed by atoms with van der Waals surface area (Å²) in [4.78, 5) is 26.2. The molecule has 1 atom stereocenters. The topological polar surface area (TPSA) is 98.6 Å². The number of hydrogen-bond donors (Lipinski definition) is 2. The lowest BCUT2D eigenvalue weighted by molar-refractivity contribution is 0.0464. The molecule has 5 rings (SSSR count). The van der Waals surface area contributed by atoms with E-state index < -0.39 is 11.8 Å². The standard InChI is InChI=1S/C24H23N3O5/c1-13-4-6-14(7-5-13)19-18-20(25(2)24(31)26(3)23(18)30)21-22(32-11-10-27(19)21)16-9-8-15(28)12-17(16)29/h4-9,12,22,28-29H,10-11H2,1-3H3. The smallest absolute Gasteiger partial charge is 0.331 e. The van der Waals surface area contributed by atoms with Gasteiger partial charge in [0.25, 0.3) is 5.56 Å². The SMILES string of the molecule is Cc1ccc(-c2c3c(=O)n(C)c(=O)n(C)c3c3n2CCOC3c2ccc(O)cc2O)cc1. The van der Waals surface area contributed by atoms with Crippen LogP contribution in [0.2, 0.25) is 0 Å². The molecule has 0 saturated heterocycles. The molecule has 1 aliphatic rings. The second-order valence-corrected chi connectivity index (χ2v) is 8.17. The zero-order chi connectivity index (χ0) is 22.7. The van der Waals surface area contributed by atoms with Crippen LogP contribution < -0.4 is 11.2 Å². The van der Waals surface area contributed by atoms with Crippen molar-refractivity contribution in [1.82, 2.24) is 13.7 Å². The van der Waals surface area contributed by atoms with Crippen molar-refractivity contribution in [2.45, 2.75) is 19.6 Å². The molecule has 164 valence electrons. The summed E-state index contributed by atoms with van der Waals surface area (Å²) >= 11 is 0. The van der Waals surface area contributed by atoms with Gasteiger partial charge in [0, 0.05) is 32.3 Å². The first-order valence-corrected chi connectivity index (χ1v) is 10.3. The van der Waals surface area contributed by atoms with Gasteiger partial charge in [0.1, 0.15) is 17.6 Å². The van der Waals surface area contributed by atoms with E-state index in [0.29, 0.717) is 35.3 Å². The molecule has 1 unspecified atom stereocenters. The van der Waals surface area contributed by atoms with E-state index in [9.17, 15) is 19.8 Å². The number of phenolic OH excluding ortho intramolecular Hbond substituents is 2. The number of ether oxygens (including phenoxy) is 1. The van der Waals surface area contributed by atoms with Gasteiger partial charge in [-0.1, -0.05) is 29.8 Å². The van der Waals surface area contributed by atoms with Crippen molar-refractivity contribution in [2.24, 2.45) is 14.1 Å². The second kappa shape index (κ2) is 7.13. The highest BCUT2D eigenvalue weighted by Crippen LogP contribution is 2.43. The molecule has 0 amide bonds. The highest BCUT2D eigenvalue weighted by Gasteiger charge is 2.34. The molecule has 8 heteroatoms. The summed E-state index contributed by atoms with van der Waals surface area (Å²) in [5.41, 5.74) is 3.41. The predicted octanol–water partition coefficient (Wildman–Crippen LogP) is 2.54. The van der Waals surface area contributed by atoms with E-state index in [1.54, 1.807) is 13.1 Å². The van der Waals surface area contributed by atoms with E-state index in [4.69, 9.17) is 4.74 Å². The van der Waals surface area contributed by atoms with Gasteiger partial charge < -0.3 is 19.5 Å². The van der Waals surface area contributed by atoms with Crippen molar-refractivity contribution in [3.63, 3.8) is 0 Å². The lowest BCUT2D eigenvalue weighted by Gasteiger charge is -2.28. The van der Waals surface area contributed by atoms with Crippen molar-refractivity contribution < 1.29 is 14.9 Å². The molecule has 2 N–H and O–H groups in total. The zero-order valence-corrected chi connectivity index (χ0v) is 18.0. The Labute approximate surface area is 183 Å². The Hall–Kier alpha value is -3.78. The van der Waals surface area contributed by atoms with Crippen molar-refractivity contribution in [1.29, 1.82) is 0 Å². The maximum absolute atomic E-state index is 13.3. The maximum Gasteiger partial charge on any atom is 0.331 e. The molecule has 0 bridgehead atoms. The molecule has 0 spiro atoms. The molecule has 3 heterocycles. The summed E-state index contributed by atoms with van der Waals surface area (Å²) in [7, 11) is 3.10. The van der Waals surface area contributed by atoms with Gasteiger partial charge in [0.05, 0.1) is 28.9 Å². The average Bonchev–Trinajstić information content (AvgIpc) is 3.12. The molecule has 0 fully saturated rings. The second-order valence-electron chi connectivity index (χ2n) is 8.17. The van der Waals surface area contributed by atoms with Crippen LogP contribution >= 0.6 is 0 Å². The molecular weight excluding hydrogens is 410 g/mol. The minimum atomic E-state index is -0.719. The van der Waals surface area contributed by atoms with Crippen LogP contribution in [0.25, 0.3) is 22.2 Å². The Morgan fingerprint density at radius 1 is 1.00 bits per heavy atom. The molecule has 8 nitrogen and oxygen atoms in total. The molecule has 2 aromatic heterocycles. The van der Waals surface area contributed by atoms with Crippen LogP contribution in [0.15, 0.2) is 52.1 Å². The zero-order valence-electron chi connectivity index (χ0n) is 18.0. The number of phenols is 2. The number of aromatic nitrogens is 3. The number of aromatic hydroxyl groups is 2. The third-order valence-corrected chi connectivity index (χ3v) is 6.17. The fraction of sp³-hybridized carbons (Fsp3) is 0.250. The Kier molecular flexibility index (Phi) is 4.49. The average molecular weight is 433 g/mol. The van der Waals surface area contributed by atoms with Crippen LogP contribution in [0.3, 0.4) is 0 Å². The van der Waals surface area contributed by atoms with E-state index >= 15 is 0 Å². The van der Waals surface area contributed by atoms with Crippen molar-refractivity contribution in [2.75, 3.05) is 6.61 Å². The van der Waals surface area contributed by atoms with Crippen molar-refractivity contribution >= 4 is 10.9 Å². The van der Waals surface area contributed by atoms with Gasteiger partial charge in [0.15, 0.2) is 0 Å². The number of rotatable bonds is 2. The largest absolute Gasteiger partial charge is 0.508 e. The first kappa shape index (κ1) is 20.1. The van der Waals surface area contributed by atoms with Crippen LogP contribution in [0.4, 0.5) is 0 Å². The summed E-state index contributed by atoms with van der Waals surface area (Å²) in [6.45, 7) is 2.84. The summed E-state index contributed by atoms with van der Waals surface area (Å²) in [5, 5.41) is 20.7. The van der Waals surface area contributed by atoms with Crippen molar-refractivity contribution in [3.05, 3.63) is 80.1 Å². The lowest BCUT2D eigenvalue weighted by atomic mass is 10.0. The number of nitrogens with zero attached hydrogens (tertiary/aromatic N) is 3. The van der Waals surface area contributed by atoms with E-state index in [1.807, 2.05) is 35.8 Å². The fourth-order valence-electron chi connectivity index (χ4n) is 4.58. The summed E-state index contributed by atoms with van der Waals surface area (Å²) in [6, 6.07) is 12.2. The molecule has 0 saturated carbocycles. The fourth-order valence-corrected chi connectivity index (χ4v) is 4.58. The molecule has 2 aromatic carbocycles. The first-order chi connectivity index (χ1) is 15.3. The minimum absolute atomic E-state index is 0.0658. The van der Waals surface area contributed by atoms with Gasteiger partial charge in [-0.25, -0.2) is 4.79 Å². The Morgan fingerprint density at radius 3 is 2.41 bits per heavy atom. The highest BCUT2D eigenvalue weighted by molar-refractivity contribution is 5.96. The third kappa shape index (κ3) is 2.80. The van der Waals surface area contributed by atoms with Crippen LogP contribution in [-0.4, -0.2) is 30.5 Å². The molecule has 32 heavy (non-hydrogen) atoms. The molecule has 1 aliphatic heterocycles. The van der Waals surface area contributed by atoms with Gasteiger partial charge in [0.2, 0.25) is 0 Å². The van der Waals surface area contributed by atoms with Crippen LogP contribution in [-0.2, 0) is 25.4 Å². The predicted molar refractivity (Wildman–Crippen MR) is 120 cm³/mol. The number of fused-ring (bicyclic) bond motifs is 3. The van der Waals surface area contributed by atoms with E-state index in [-0.39, 0.29) is 17.1 Å². The lowest BCUT2D eigenvalue weighted by Crippen LogP contribution is -2.37. The molecule has 4 aromatic rings. The van der Waals surface area contributed by atoms with E-state index in [0.717, 1.165) is 21.4 Å². The Morgan fingerprint density at radius 2 is 1.72 bits per heavy atom. The van der Waals surface area contributed by atoms with Gasteiger partial charge in [-0.05, 0) is 24.6 Å². The van der Waals surface area contributed by atoms with Crippen LogP contribution in [0.5, 0.6) is 11.5 Å². The maximum atomic E-state index is 13.3. The molecule has 0 radical (unpaired) electrons. The summed E-state index contributed by atoms with van der Waals surface area (Å²) in [6.07, 6.45) is -0.719. The van der Waals surface area contributed by atoms with Crippen molar-refractivity contribution in [3.8, 4) is 22.8 Å².